The van der Waals surface area contributed by atoms with Crippen molar-refractivity contribution in [1.29, 1.82) is 0 Å². The summed E-state index contributed by atoms with van der Waals surface area (Å²) in [5, 5.41) is 1.01. The van der Waals surface area contributed by atoms with E-state index in [0.29, 0.717) is 34.7 Å². The van der Waals surface area contributed by atoms with Crippen LogP contribution in [0.4, 0.5) is 0 Å². The van der Waals surface area contributed by atoms with E-state index >= 15 is 0 Å². The molecule has 2 aliphatic heterocycles. The fraction of sp³-hybridized carbons (Fsp3) is 0.333. The quantitative estimate of drug-likeness (QED) is 0.615. The second-order valence-corrected chi connectivity index (χ2v) is 5.77. The van der Waals surface area contributed by atoms with Gasteiger partial charge in [0.25, 0.3) is 0 Å². The number of carbonyl (C=O) groups is 1. The molecule has 0 radical (unpaired) electrons. The number of carbonyl (C=O) groups excluding carboxylic acids is 1. The van der Waals surface area contributed by atoms with Crippen molar-refractivity contribution in [3.05, 3.63) is 39.5 Å². The van der Waals surface area contributed by atoms with Gasteiger partial charge in [-0.3, -0.25) is 0 Å². The predicted molar refractivity (Wildman–Crippen MR) is 81.5 cm³/mol. The molecular weight excluding hydrogens is 313 g/mol. The lowest BCUT2D eigenvalue weighted by Gasteiger charge is -2.20. The summed E-state index contributed by atoms with van der Waals surface area (Å²) in [5.74, 6) is 0.191. The number of cyclic esters (lactones) is 1. The van der Waals surface area contributed by atoms with Gasteiger partial charge in [-0.1, -0.05) is 29.3 Å². The van der Waals surface area contributed by atoms with Crippen molar-refractivity contribution in [3.63, 3.8) is 0 Å². The maximum atomic E-state index is 11.9. The molecule has 0 bridgehead atoms. The number of halogens is 2. The van der Waals surface area contributed by atoms with Gasteiger partial charge in [-0.25, -0.2) is 9.79 Å². The standard InChI is InChI=1S/C15H13Cl2NO3/c16-11-2-1-10(12(17)8-11)7-13-15(19)21-14(18-13)9-3-5-20-6-4-9/h1-2,7-9H,3-6H2/b13-7-. The minimum absolute atomic E-state index is 0.147. The van der Waals surface area contributed by atoms with Crippen LogP contribution in [0.5, 0.6) is 0 Å². The summed E-state index contributed by atoms with van der Waals surface area (Å²) in [6.07, 6.45) is 3.26. The normalized spacial score (nSPS) is 21.5. The summed E-state index contributed by atoms with van der Waals surface area (Å²) in [6.45, 7) is 1.34. The number of aliphatic imine (C=N–C) groups is 1. The zero-order chi connectivity index (χ0) is 14.8. The van der Waals surface area contributed by atoms with E-state index in [1.54, 1.807) is 24.3 Å². The molecule has 1 saturated heterocycles. The van der Waals surface area contributed by atoms with Crippen molar-refractivity contribution >= 4 is 41.1 Å². The lowest BCUT2D eigenvalue weighted by molar-refractivity contribution is -0.130. The Morgan fingerprint density at radius 2 is 2.00 bits per heavy atom. The molecule has 1 aromatic carbocycles. The summed E-state index contributed by atoms with van der Waals surface area (Å²) in [7, 11) is 0. The third kappa shape index (κ3) is 3.28. The number of nitrogens with zero attached hydrogens (tertiary/aromatic N) is 1. The first kappa shape index (κ1) is 14.6. The van der Waals surface area contributed by atoms with Gasteiger partial charge in [-0.05, 0) is 36.6 Å². The molecule has 0 aromatic heterocycles. The van der Waals surface area contributed by atoms with Crippen LogP contribution in [0.2, 0.25) is 10.0 Å². The minimum atomic E-state index is -0.442. The van der Waals surface area contributed by atoms with Gasteiger partial charge in [0.15, 0.2) is 5.70 Å². The van der Waals surface area contributed by atoms with Crippen LogP contribution in [-0.4, -0.2) is 25.1 Å². The van der Waals surface area contributed by atoms with E-state index in [-0.39, 0.29) is 11.6 Å². The van der Waals surface area contributed by atoms with E-state index in [1.165, 1.54) is 0 Å². The Morgan fingerprint density at radius 3 is 2.71 bits per heavy atom. The largest absolute Gasteiger partial charge is 0.406 e. The van der Waals surface area contributed by atoms with E-state index in [1.807, 2.05) is 0 Å². The first-order valence-electron chi connectivity index (χ1n) is 6.69. The van der Waals surface area contributed by atoms with E-state index in [0.717, 1.165) is 12.8 Å². The number of ether oxygens (including phenoxy) is 2. The van der Waals surface area contributed by atoms with Crippen LogP contribution in [0, 0.1) is 5.92 Å². The molecular formula is C15H13Cl2NO3. The van der Waals surface area contributed by atoms with Gasteiger partial charge >= 0.3 is 5.97 Å². The van der Waals surface area contributed by atoms with Crippen LogP contribution in [0.25, 0.3) is 6.08 Å². The zero-order valence-electron chi connectivity index (χ0n) is 11.1. The molecule has 3 rings (SSSR count). The predicted octanol–water partition coefficient (Wildman–Crippen LogP) is 3.72. The highest BCUT2D eigenvalue weighted by molar-refractivity contribution is 6.35. The van der Waals surface area contributed by atoms with E-state index < -0.39 is 5.97 Å². The molecule has 4 nitrogen and oxygen atoms in total. The third-order valence-corrected chi connectivity index (χ3v) is 4.02. The molecule has 1 fully saturated rings. The van der Waals surface area contributed by atoms with Crippen LogP contribution in [-0.2, 0) is 14.3 Å². The van der Waals surface area contributed by atoms with Crippen LogP contribution >= 0.6 is 23.2 Å². The monoisotopic (exact) mass is 325 g/mol. The summed E-state index contributed by atoms with van der Waals surface area (Å²) >= 11 is 11.9. The van der Waals surface area contributed by atoms with Crippen LogP contribution < -0.4 is 0 Å². The molecule has 0 saturated carbocycles. The lowest BCUT2D eigenvalue weighted by Crippen LogP contribution is -2.24. The van der Waals surface area contributed by atoms with Gasteiger partial charge in [0, 0.05) is 29.2 Å². The summed E-state index contributed by atoms with van der Waals surface area (Å²) < 4.78 is 10.6. The first-order chi connectivity index (χ1) is 10.1. The van der Waals surface area contributed by atoms with Gasteiger partial charge in [0.2, 0.25) is 5.90 Å². The number of benzene rings is 1. The lowest BCUT2D eigenvalue weighted by atomic mass is 10.0. The smallest absolute Gasteiger partial charge is 0.363 e. The van der Waals surface area contributed by atoms with Gasteiger partial charge < -0.3 is 9.47 Å². The molecule has 1 aromatic rings. The number of esters is 1. The SMILES string of the molecule is O=C1OC(C2CCOCC2)=N/C1=C\c1ccc(Cl)cc1Cl. The maximum absolute atomic E-state index is 11.9. The van der Waals surface area contributed by atoms with Crippen molar-refractivity contribution in [2.24, 2.45) is 10.9 Å². The summed E-state index contributed by atoms with van der Waals surface area (Å²) in [4.78, 5) is 16.2. The van der Waals surface area contributed by atoms with Gasteiger partial charge in [0.1, 0.15) is 0 Å². The van der Waals surface area contributed by atoms with Crippen LogP contribution in [0.15, 0.2) is 28.9 Å². The van der Waals surface area contributed by atoms with E-state index in [4.69, 9.17) is 32.7 Å². The maximum Gasteiger partial charge on any atom is 0.363 e. The second kappa shape index (κ2) is 6.18. The zero-order valence-corrected chi connectivity index (χ0v) is 12.7. The van der Waals surface area contributed by atoms with Crippen molar-refractivity contribution in [3.8, 4) is 0 Å². The Kier molecular flexibility index (Phi) is 4.29. The Hall–Kier alpha value is -1.36. The van der Waals surface area contributed by atoms with Crippen molar-refractivity contribution < 1.29 is 14.3 Å². The highest BCUT2D eigenvalue weighted by Gasteiger charge is 2.30. The fourth-order valence-corrected chi connectivity index (χ4v) is 2.77. The number of rotatable bonds is 2. The second-order valence-electron chi connectivity index (χ2n) is 4.92. The molecule has 21 heavy (non-hydrogen) atoms. The van der Waals surface area contributed by atoms with E-state index in [9.17, 15) is 4.79 Å². The highest BCUT2D eigenvalue weighted by Crippen LogP contribution is 2.27. The minimum Gasteiger partial charge on any atom is -0.406 e. The molecule has 0 atom stereocenters. The average molecular weight is 326 g/mol. The molecule has 2 aliphatic rings. The third-order valence-electron chi connectivity index (χ3n) is 3.46. The molecule has 0 amide bonds. The van der Waals surface area contributed by atoms with Crippen molar-refractivity contribution in [2.45, 2.75) is 12.8 Å². The first-order valence-corrected chi connectivity index (χ1v) is 7.44. The van der Waals surface area contributed by atoms with Crippen LogP contribution in [0.1, 0.15) is 18.4 Å². The molecule has 0 spiro atoms. The fourth-order valence-electron chi connectivity index (χ4n) is 2.31. The van der Waals surface area contributed by atoms with Crippen molar-refractivity contribution in [2.75, 3.05) is 13.2 Å². The summed E-state index contributed by atoms with van der Waals surface area (Å²) in [6, 6.07) is 5.08. The molecule has 110 valence electrons. The van der Waals surface area contributed by atoms with Crippen molar-refractivity contribution in [1.82, 2.24) is 0 Å². The van der Waals surface area contributed by atoms with Gasteiger partial charge in [-0.2, -0.15) is 0 Å². The van der Waals surface area contributed by atoms with Gasteiger partial charge in [-0.15, -0.1) is 0 Å². The number of hydrogen-bond acceptors (Lipinski definition) is 4. The Labute approximate surface area is 132 Å². The molecule has 2 heterocycles. The average Bonchev–Trinajstić information content (AvgIpc) is 2.84. The molecule has 0 unspecified atom stereocenters. The topological polar surface area (TPSA) is 47.9 Å². The molecule has 6 heteroatoms. The Bertz CT molecular complexity index is 634. The van der Waals surface area contributed by atoms with Crippen LogP contribution in [0.3, 0.4) is 0 Å². The Balaban J connectivity index is 1.85. The number of hydrogen-bond donors (Lipinski definition) is 0. The van der Waals surface area contributed by atoms with E-state index in [2.05, 4.69) is 4.99 Å². The Morgan fingerprint density at radius 1 is 1.24 bits per heavy atom. The summed E-state index contributed by atoms with van der Waals surface area (Å²) in [5.41, 5.74) is 0.950. The van der Waals surface area contributed by atoms with Gasteiger partial charge in [0.05, 0.1) is 0 Å². The molecule has 0 aliphatic carbocycles. The highest BCUT2D eigenvalue weighted by atomic mass is 35.5. The molecule has 0 N–H and O–H groups in total.